The first-order valence-corrected chi connectivity index (χ1v) is 8.53. The van der Waals surface area contributed by atoms with Gasteiger partial charge in [-0.1, -0.05) is 12.1 Å². The Morgan fingerprint density at radius 3 is 2.91 bits per heavy atom. The van der Waals surface area contributed by atoms with Gasteiger partial charge in [0.25, 0.3) is 0 Å². The molecule has 2 saturated heterocycles. The number of hydrogen-bond donors (Lipinski definition) is 1. The number of piperidine rings is 1. The number of imidazole rings is 1. The van der Waals surface area contributed by atoms with Crippen LogP contribution in [0.25, 0.3) is 11.0 Å². The number of carbonyl (C=O) groups is 1. The first kappa shape index (κ1) is 14.7. The molecule has 1 spiro atoms. The molecule has 5 nitrogen and oxygen atoms in total. The van der Waals surface area contributed by atoms with E-state index < -0.39 is 0 Å². The Kier molecular flexibility index (Phi) is 3.81. The largest absolute Gasteiger partial charge is 0.381 e. The lowest BCUT2D eigenvalue weighted by atomic mass is 9.74. The van der Waals surface area contributed by atoms with Crippen LogP contribution in [0, 0.1) is 5.41 Å². The number of H-pyrrole nitrogens is 1. The zero-order valence-corrected chi connectivity index (χ0v) is 13.4. The van der Waals surface area contributed by atoms with Crippen LogP contribution in [0.1, 0.15) is 31.5 Å². The molecular formula is C18H23N3O2. The molecule has 23 heavy (non-hydrogen) atoms. The molecule has 2 aromatic rings. The Bertz CT molecular complexity index is 665. The molecule has 1 N–H and O–H groups in total. The Morgan fingerprint density at radius 2 is 2.09 bits per heavy atom. The van der Waals surface area contributed by atoms with E-state index in [1.807, 2.05) is 29.2 Å². The Morgan fingerprint density at radius 1 is 1.26 bits per heavy atom. The normalized spacial score (nSPS) is 21.0. The van der Waals surface area contributed by atoms with Crippen molar-refractivity contribution in [2.45, 2.75) is 32.1 Å². The second-order valence-electron chi connectivity index (χ2n) is 6.91. The summed E-state index contributed by atoms with van der Waals surface area (Å²) in [6.07, 6.45) is 4.86. The fourth-order valence-electron chi connectivity index (χ4n) is 3.98. The SMILES string of the molecule is O=C(Cc1nc2ccccc2[nH]1)N1CCCC2(CCOCC2)C1. The van der Waals surface area contributed by atoms with Crippen LogP contribution >= 0.6 is 0 Å². The molecule has 0 unspecified atom stereocenters. The van der Waals surface area contributed by atoms with Crippen LogP contribution < -0.4 is 0 Å². The van der Waals surface area contributed by atoms with E-state index in [0.717, 1.165) is 62.4 Å². The van der Waals surface area contributed by atoms with E-state index in [2.05, 4.69) is 9.97 Å². The topological polar surface area (TPSA) is 58.2 Å². The van der Waals surface area contributed by atoms with E-state index >= 15 is 0 Å². The summed E-state index contributed by atoms with van der Waals surface area (Å²) in [7, 11) is 0. The lowest BCUT2D eigenvalue weighted by molar-refractivity contribution is -0.136. The number of benzene rings is 1. The number of aromatic nitrogens is 2. The van der Waals surface area contributed by atoms with Crippen molar-refractivity contribution >= 4 is 16.9 Å². The second kappa shape index (κ2) is 5.96. The van der Waals surface area contributed by atoms with E-state index in [9.17, 15) is 4.79 Å². The van der Waals surface area contributed by atoms with Gasteiger partial charge < -0.3 is 14.6 Å². The monoisotopic (exact) mass is 313 g/mol. The van der Waals surface area contributed by atoms with Crippen LogP contribution in [0.2, 0.25) is 0 Å². The molecule has 5 heteroatoms. The second-order valence-corrected chi connectivity index (χ2v) is 6.91. The molecule has 1 aromatic heterocycles. The molecule has 0 radical (unpaired) electrons. The van der Waals surface area contributed by atoms with Gasteiger partial charge in [0.05, 0.1) is 17.5 Å². The minimum absolute atomic E-state index is 0.189. The smallest absolute Gasteiger partial charge is 0.230 e. The van der Waals surface area contributed by atoms with Gasteiger partial charge in [-0.15, -0.1) is 0 Å². The maximum Gasteiger partial charge on any atom is 0.230 e. The van der Waals surface area contributed by atoms with E-state index in [1.165, 1.54) is 6.42 Å². The highest BCUT2D eigenvalue weighted by atomic mass is 16.5. The average molecular weight is 313 g/mol. The molecular weight excluding hydrogens is 290 g/mol. The molecule has 0 atom stereocenters. The van der Waals surface area contributed by atoms with Gasteiger partial charge in [0.15, 0.2) is 0 Å². The molecule has 122 valence electrons. The van der Waals surface area contributed by atoms with Gasteiger partial charge in [-0.25, -0.2) is 4.98 Å². The third-order valence-electron chi connectivity index (χ3n) is 5.32. The summed E-state index contributed by atoms with van der Waals surface area (Å²) in [5, 5.41) is 0. The molecule has 0 bridgehead atoms. The number of fused-ring (bicyclic) bond motifs is 1. The summed E-state index contributed by atoms with van der Waals surface area (Å²) in [4.78, 5) is 22.5. The Balaban J connectivity index is 1.45. The fraction of sp³-hybridized carbons (Fsp3) is 0.556. The molecule has 0 saturated carbocycles. The summed E-state index contributed by atoms with van der Waals surface area (Å²) in [6, 6.07) is 7.91. The fourth-order valence-corrected chi connectivity index (χ4v) is 3.98. The van der Waals surface area contributed by atoms with E-state index in [1.54, 1.807) is 0 Å². The van der Waals surface area contributed by atoms with Crippen molar-refractivity contribution in [1.29, 1.82) is 0 Å². The summed E-state index contributed by atoms with van der Waals surface area (Å²) in [5.41, 5.74) is 2.21. The number of likely N-dealkylation sites (tertiary alicyclic amines) is 1. The van der Waals surface area contributed by atoms with Gasteiger partial charge in [-0.3, -0.25) is 4.79 Å². The Labute approximate surface area is 136 Å². The maximum absolute atomic E-state index is 12.7. The quantitative estimate of drug-likeness (QED) is 0.927. The average Bonchev–Trinajstić information content (AvgIpc) is 2.98. The number of nitrogens with one attached hydrogen (secondary N) is 1. The first-order chi connectivity index (χ1) is 11.2. The highest BCUT2D eigenvalue weighted by Crippen LogP contribution is 2.39. The van der Waals surface area contributed by atoms with Crippen LogP contribution in [-0.2, 0) is 16.0 Å². The molecule has 0 aliphatic carbocycles. The molecule has 2 aliphatic rings. The summed E-state index contributed by atoms with van der Waals surface area (Å²) in [6.45, 7) is 3.44. The van der Waals surface area contributed by atoms with Crippen LogP contribution in [0.5, 0.6) is 0 Å². The van der Waals surface area contributed by atoms with Crippen molar-refractivity contribution in [2.24, 2.45) is 5.41 Å². The molecule has 2 aliphatic heterocycles. The number of nitrogens with zero attached hydrogens (tertiary/aromatic N) is 2. The first-order valence-electron chi connectivity index (χ1n) is 8.53. The predicted octanol–water partition coefficient (Wildman–Crippen LogP) is 2.52. The minimum atomic E-state index is 0.189. The molecule has 1 aromatic carbocycles. The zero-order valence-electron chi connectivity index (χ0n) is 13.4. The maximum atomic E-state index is 12.7. The van der Waals surface area contributed by atoms with E-state index in [0.29, 0.717) is 11.8 Å². The van der Waals surface area contributed by atoms with Gasteiger partial charge in [0.2, 0.25) is 5.91 Å². The number of amides is 1. The van der Waals surface area contributed by atoms with E-state index in [-0.39, 0.29) is 5.91 Å². The summed E-state index contributed by atoms with van der Waals surface area (Å²) >= 11 is 0. The van der Waals surface area contributed by atoms with Crippen LogP contribution in [-0.4, -0.2) is 47.1 Å². The zero-order chi connectivity index (χ0) is 15.7. The van der Waals surface area contributed by atoms with Crippen molar-refractivity contribution in [3.63, 3.8) is 0 Å². The highest BCUT2D eigenvalue weighted by molar-refractivity contribution is 5.80. The lowest BCUT2D eigenvalue weighted by Crippen LogP contribution is -2.48. The third kappa shape index (κ3) is 2.98. The minimum Gasteiger partial charge on any atom is -0.381 e. The van der Waals surface area contributed by atoms with Gasteiger partial charge in [-0.2, -0.15) is 0 Å². The lowest BCUT2D eigenvalue weighted by Gasteiger charge is -2.45. The standard InChI is InChI=1S/C18H23N3O2/c22-17(12-16-19-14-4-1-2-5-15(14)20-16)21-9-3-6-18(13-21)7-10-23-11-8-18/h1-2,4-5H,3,6-13H2,(H,19,20). The number of hydrogen-bond acceptors (Lipinski definition) is 3. The highest BCUT2D eigenvalue weighted by Gasteiger charge is 2.38. The van der Waals surface area contributed by atoms with Crippen molar-refractivity contribution in [3.05, 3.63) is 30.1 Å². The predicted molar refractivity (Wildman–Crippen MR) is 88.1 cm³/mol. The summed E-state index contributed by atoms with van der Waals surface area (Å²) < 4.78 is 5.50. The van der Waals surface area contributed by atoms with Crippen molar-refractivity contribution in [2.75, 3.05) is 26.3 Å². The van der Waals surface area contributed by atoms with Gasteiger partial charge in [0, 0.05) is 26.3 Å². The van der Waals surface area contributed by atoms with Gasteiger partial charge >= 0.3 is 0 Å². The number of para-hydroxylation sites is 2. The van der Waals surface area contributed by atoms with Crippen LogP contribution in [0.15, 0.2) is 24.3 Å². The Hall–Kier alpha value is -1.88. The van der Waals surface area contributed by atoms with Gasteiger partial charge in [0.1, 0.15) is 5.82 Å². The van der Waals surface area contributed by atoms with Crippen LogP contribution in [0.3, 0.4) is 0 Å². The van der Waals surface area contributed by atoms with E-state index in [4.69, 9.17) is 4.74 Å². The summed E-state index contributed by atoms with van der Waals surface area (Å²) in [5.74, 6) is 0.956. The number of aromatic amines is 1. The van der Waals surface area contributed by atoms with Crippen LogP contribution in [0.4, 0.5) is 0 Å². The number of ether oxygens (including phenoxy) is 1. The van der Waals surface area contributed by atoms with Crippen molar-refractivity contribution in [1.82, 2.24) is 14.9 Å². The molecule has 1 amide bonds. The molecule has 3 heterocycles. The molecule has 4 rings (SSSR count). The van der Waals surface area contributed by atoms with Crippen molar-refractivity contribution in [3.8, 4) is 0 Å². The van der Waals surface area contributed by atoms with Gasteiger partial charge in [-0.05, 0) is 43.2 Å². The number of rotatable bonds is 2. The molecule has 2 fully saturated rings. The third-order valence-corrected chi connectivity index (χ3v) is 5.32. The number of carbonyl (C=O) groups excluding carboxylic acids is 1. The van der Waals surface area contributed by atoms with Crippen molar-refractivity contribution < 1.29 is 9.53 Å².